The van der Waals surface area contributed by atoms with Crippen molar-refractivity contribution >= 4 is 28.4 Å². The number of hydrogen-bond acceptors (Lipinski definition) is 5. The van der Waals surface area contributed by atoms with Gasteiger partial charge in [-0.25, -0.2) is 4.98 Å². The zero-order valence-corrected chi connectivity index (χ0v) is 18.0. The van der Waals surface area contributed by atoms with E-state index in [4.69, 9.17) is 5.73 Å². The molecule has 1 aromatic heterocycles. The molecule has 1 aliphatic rings. The third-order valence-corrected chi connectivity index (χ3v) is 5.88. The van der Waals surface area contributed by atoms with Crippen molar-refractivity contribution in [3.63, 3.8) is 0 Å². The third kappa shape index (κ3) is 5.42. The standard InChI is InChI=1S/C25H29N5O2/c26-23-12-11-17(15-28-23)16-29-24(31)22(30-25(32)21-10-3-4-13-27-21)14-19-8-5-7-18-6-1-2-9-20(18)19/h1-2,5-9,11-12,15,21-22,27H,3-4,10,13-14,16H2,(H2,26,28)(H,29,31)(H,30,32)/t21-,22+/m0/s1. The summed E-state index contributed by atoms with van der Waals surface area (Å²) >= 11 is 0. The van der Waals surface area contributed by atoms with Crippen LogP contribution in [0.5, 0.6) is 0 Å². The summed E-state index contributed by atoms with van der Waals surface area (Å²) < 4.78 is 0. The van der Waals surface area contributed by atoms with Gasteiger partial charge in [0.1, 0.15) is 11.9 Å². The Morgan fingerprint density at radius 3 is 2.72 bits per heavy atom. The molecule has 0 aliphatic carbocycles. The second kappa shape index (κ2) is 10.2. The maximum Gasteiger partial charge on any atom is 0.243 e. The Morgan fingerprint density at radius 2 is 1.94 bits per heavy atom. The van der Waals surface area contributed by atoms with Crippen LogP contribution in [0.1, 0.15) is 30.4 Å². The first-order valence-electron chi connectivity index (χ1n) is 11.1. The van der Waals surface area contributed by atoms with Gasteiger partial charge in [0.15, 0.2) is 0 Å². The van der Waals surface area contributed by atoms with E-state index in [1.807, 2.05) is 48.5 Å². The van der Waals surface area contributed by atoms with Crippen LogP contribution in [0.25, 0.3) is 10.8 Å². The minimum Gasteiger partial charge on any atom is -0.384 e. The zero-order valence-electron chi connectivity index (χ0n) is 18.0. The lowest BCUT2D eigenvalue weighted by Crippen LogP contribution is -2.54. The lowest BCUT2D eigenvalue weighted by molar-refractivity contribution is -0.130. The zero-order chi connectivity index (χ0) is 22.3. The number of pyridine rings is 1. The first-order valence-corrected chi connectivity index (χ1v) is 11.1. The summed E-state index contributed by atoms with van der Waals surface area (Å²) in [5, 5.41) is 11.4. The van der Waals surface area contributed by atoms with Crippen LogP contribution >= 0.6 is 0 Å². The van der Waals surface area contributed by atoms with Crippen LogP contribution in [-0.2, 0) is 22.6 Å². The van der Waals surface area contributed by atoms with Gasteiger partial charge in [-0.3, -0.25) is 9.59 Å². The number of aromatic nitrogens is 1. The van der Waals surface area contributed by atoms with E-state index in [0.29, 0.717) is 18.8 Å². The highest BCUT2D eigenvalue weighted by molar-refractivity contribution is 5.91. The minimum atomic E-state index is -0.682. The van der Waals surface area contributed by atoms with Crippen LogP contribution in [0.2, 0.25) is 0 Å². The number of hydrogen-bond donors (Lipinski definition) is 4. The molecule has 0 saturated carbocycles. The van der Waals surface area contributed by atoms with Crippen molar-refractivity contribution in [3.05, 3.63) is 71.9 Å². The largest absolute Gasteiger partial charge is 0.384 e. The Labute approximate surface area is 187 Å². The summed E-state index contributed by atoms with van der Waals surface area (Å²) in [6, 6.07) is 16.7. The Hall–Kier alpha value is -3.45. The number of benzene rings is 2. The smallest absolute Gasteiger partial charge is 0.243 e. The normalized spacial score (nSPS) is 16.9. The predicted octanol–water partition coefficient (Wildman–Crippen LogP) is 2.30. The second-order valence-electron chi connectivity index (χ2n) is 8.22. The fourth-order valence-electron chi connectivity index (χ4n) is 4.10. The van der Waals surface area contributed by atoms with Crippen molar-refractivity contribution in [3.8, 4) is 0 Å². The van der Waals surface area contributed by atoms with Crippen LogP contribution in [-0.4, -0.2) is 35.4 Å². The predicted molar refractivity (Wildman–Crippen MR) is 126 cm³/mol. The highest BCUT2D eigenvalue weighted by Gasteiger charge is 2.27. The summed E-state index contributed by atoms with van der Waals surface area (Å²) in [5.74, 6) is 0.0827. The number of nitrogens with one attached hydrogen (secondary N) is 3. The first-order chi connectivity index (χ1) is 15.6. The monoisotopic (exact) mass is 431 g/mol. The van der Waals surface area contributed by atoms with Crippen LogP contribution in [0, 0.1) is 0 Å². The summed E-state index contributed by atoms with van der Waals surface area (Å²) in [6.45, 7) is 1.14. The maximum atomic E-state index is 13.2. The molecule has 7 heteroatoms. The molecule has 2 atom stereocenters. The molecular weight excluding hydrogens is 402 g/mol. The summed E-state index contributed by atoms with van der Waals surface area (Å²) in [5.41, 5.74) is 7.50. The van der Waals surface area contributed by atoms with Crippen LogP contribution in [0.4, 0.5) is 5.82 Å². The molecule has 0 radical (unpaired) electrons. The van der Waals surface area contributed by atoms with Crippen LogP contribution < -0.4 is 21.7 Å². The number of nitrogens with zero attached hydrogens (tertiary/aromatic N) is 1. The fourth-order valence-corrected chi connectivity index (χ4v) is 4.10. The van der Waals surface area contributed by atoms with Gasteiger partial charge in [-0.1, -0.05) is 55.0 Å². The molecule has 1 saturated heterocycles. The van der Waals surface area contributed by atoms with Gasteiger partial charge in [0, 0.05) is 19.2 Å². The van der Waals surface area contributed by atoms with Crippen molar-refractivity contribution in [2.75, 3.05) is 12.3 Å². The highest BCUT2D eigenvalue weighted by atomic mass is 16.2. The Morgan fingerprint density at radius 1 is 1.09 bits per heavy atom. The Bertz CT molecular complexity index is 1070. The molecule has 2 aromatic carbocycles. The SMILES string of the molecule is Nc1ccc(CNC(=O)[C@@H](Cc2cccc3ccccc23)NC(=O)[C@@H]2CCCCN2)cn1. The first kappa shape index (κ1) is 21.8. The van der Waals surface area contributed by atoms with E-state index in [1.165, 1.54) is 0 Å². The molecule has 32 heavy (non-hydrogen) atoms. The van der Waals surface area contributed by atoms with E-state index >= 15 is 0 Å². The van der Waals surface area contributed by atoms with Crippen molar-refractivity contribution in [1.29, 1.82) is 0 Å². The molecule has 166 valence electrons. The van der Waals surface area contributed by atoms with Gasteiger partial charge in [-0.15, -0.1) is 0 Å². The number of anilines is 1. The quantitative estimate of drug-likeness (QED) is 0.459. The van der Waals surface area contributed by atoms with Gasteiger partial charge in [0.25, 0.3) is 0 Å². The summed E-state index contributed by atoms with van der Waals surface area (Å²) in [7, 11) is 0. The molecule has 0 spiro atoms. The van der Waals surface area contributed by atoms with E-state index in [0.717, 1.165) is 47.7 Å². The highest BCUT2D eigenvalue weighted by Crippen LogP contribution is 2.20. The van der Waals surface area contributed by atoms with Crippen molar-refractivity contribution in [2.24, 2.45) is 0 Å². The molecule has 5 N–H and O–H groups in total. The number of nitrogens with two attached hydrogens (primary N) is 1. The summed E-state index contributed by atoms with van der Waals surface area (Å²) in [4.78, 5) is 30.1. The fraction of sp³-hybridized carbons (Fsp3) is 0.320. The van der Waals surface area contributed by atoms with E-state index in [-0.39, 0.29) is 17.9 Å². The Balaban J connectivity index is 1.51. The van der Waals surface area contributed by atoms with Crippen molar-refractivity contribution in [2.45, 2.75) is 44.3 Å². The molecule has 1 aliphatic heterocycles. The third-order valence-electron chi connectivity index (χ3n) is 5.88. The molecule has 3 aromatic rings. The average molecular weight is 432 g/mol. The molecule has 0 bridgehead atoms. The number of amides is 2. The van der Waals surface area contributed by atoms with E-state index in [9.17, 15) is 9.59 Å². The number of nitrogen functional groups attached to an aromatic ring is 1. The van der Waals surface area contributed by atoms with Crippen LogP contribution in [0.3, 0.4) is 0 Å². The molecule has 7 nitrogen and oxygen atoms in total. The molecule has 2 amide bonds. The van der Waals surface area contributed by atoms with Crippen molar-refractivity contribution < 1.29 is 9.59 Å². The van der Waals surface area contributed by atoms with Crippen LogP contribution in [0.15, 0.2) is 60.8 Å². The van der Waals surface area contributed by atoms with E-state index in [2.05, 4.69) is 20.9 Å². The van der Waals surface area contributed by atoms with E-state index in [1.54, 1.807) is 12.3 Å². The molecule has 4 rings (SSSR count). The number of piperidine rings is 1. The molecular formula is C25H29N5O2. The van der Waals surface area contributed by atoms with E-state index < -0.39 is 6.04 Å². The molecule has 0 unspecified atom stereocenters. The molecule has 1 fully saturated rings. The van der Waals surface area contributed by atoms with Gasteiger partial charge >= 0.3 is 0 Å². The maximum absolute atomic E-state index is 13.2. The molecule has 2 heterocycles. The lowest BCUT2D eigenvalue weighted by atomic mass is 9.97. The minimum absolute atomic E-state index is 0.126. The van der Waals surface area contributed by atoms with Gasteiger partial charge in [0.05, 0.1) is 6.04 Å². The summed E-state index contributed by atoms with van der Waals surface area (Å²) in [6.07, 6.45) is 4.91. The lowest BCUT2D eigenvalue weighted by Gasteiger charge is -2.26. The number of fused-ring (bicyclic) bond motifs is 1. The second-order valence-corrected chi connectivity index (χ2v) is 8.22. The van der Waals surface area contributed by atoms with Crippen molar-refractivity contribution in [1.82, 2.24) is 20.9 Å². The average Bonchev–Trinajstić information content (AvgIpc) is 2.83. The van der Waals surface area contributed by atoms with Gasteiger partial charge in [-0.05, 0) is 47.4 Å². The topological polar surface area (TPSA) is 109 Å². The Kier molecular flexibility index (Phi) is 6.97. The number of carbonyl (C=O) groups excluding carboxylic acids is 2. The van der Waals surface area contributed by atoms with Gasteiger partial charge in [0.2, 0.25) is 11.8 Å². The number of carbonyl (C=O) groups is 2. The van der Waals surface area contributed by atoms with Gasteiger partial charge < -0.3 is 21.7 Å². The number of rotatable bonds is 7. The van der Waals surface area contributed by atoms with Gasteiger partial charge in [-0.2, -0.15) is 0 Å².